The Kier molecular flexibility index (Phi) is 11.0. The molecule has 0 aliphatic rings. The molecule has 4 rings (SSSR count). The number of hydrogen-bond acceptors (Lipinski definition) is 4. The number of aryl methyl sites for hydroxylation is 3. The molecule has 0 unspecified atom stereocenters. The molecule has 46 heavy (non-hydrogen) atoms. The molecule has 0 saturated heterocycles. The van der Waals surface area contributed by atoms with E-state index < -0.39 is 34.1 Å². The minimum atomic E-state index is -4.20. The Morgan fingerprint density at radius 1 is 0.804 bits per heavy atom. The van der Waals surface area contributed by atoms with Gasteiger partial charge >= 0.3 is 0 Å². The molecule has 7 nitrogen and oxygen atoms in total. The lowest BCUT2D eigenvalue weighted by Gasteiger charge is -2.35. The third-order valence-electron chi connectivity index (χ3n) is 7.56. The van der Waals surface area contributed by atoms with Crippen LogP contribution in [0.25, 0.3) is 0 Å². The first-order valence-electron chi connectivity index (χ1n) is 15.2. The second-order valence-electron chi connectivity index (χ2n) is 12.7. The zero-order chi connectivity index (χ0) is 33.6. The number of benzene rings is 4. The summed E-state index contributed by atoms with van der Waals surface area (Å²) in [5.41, 5.74) is 4.00. The second-order valence-corrected chi connectivity index (χ2v) is 15.0. The second kappa shape index (κ2) is 14.5. The summed E-state index contributed by atoms with van der Waals surface area (Å²) < 4.78 is 29.6. The molecular formula is C37H42ClN3O4S. The topological polar surface area (TPSA) is 86.8 Å². The summed E-state index contributed by atoms with van der Waals surface area (Å²) in [6.07, 6.45) is 0.241. The molecule has 4 aromatic carbocycles. The molecule has 1 atom stereocenters. The van der Waals surface area contributed by atoms with Crippen molar-refractivity contribution < 1.29 is 18.0 Å². The van der Waals surface area contributed by atoms with Crippen LogP contribution in [-0.4, -0.2) is 43.3 Å². The van der Waals surface area contributed by atoms with E-state index in [0.717, 1.165) is 26.6 Å². The number of halogens is 1. The van der Waals surface area contributed by atoms with Crippen molar-refractivity contribution in [2.45, 2.75) is 71.0 Å². The van der Waals surface area contributed by atoms with Gasteiger partial charge in [0.05, 0.1) is 10.6 Å². The summed E-state index contributed by atoms with van der Waals surface area (Å²) in [6.45, 7) is 10.8. The van der Waals surface area contributed by atoms with Crippen molar-refractivity contribution in [2.75, 3.05) is 10.8 Å². The van der Waals surface area contributed by atoms with Crippen LogP contribution in [0.3, 0.4) is 0 Å². The van der Waals surface area contributed by atoms with Gasteiger partial charge in [0, 0.05) is 23.5 Å². The maximum atomic E-state index is 14.6. The third kappa shape index (κ3) is 8.98. The van der Waals surface area contributed by atoms with Crippen LogP contribution in [0.5, 0.6) is 0 Å². The first-order chi connectivity index (χ1) is 21.6. The molecule has 1 N–H and O–H groups in total. The van der Waals surface area contributed by atoms with E-state index >= 15 is 0 Å². The zero-order valence-electron chi connectivity index (χ0n) is 27.2. The van der Waals surface area contributed by atoms with Gasteiger partial charge in [-0.15, -0.1) is 0 Å². The lowest BCUT2D eigenvalue weighted by Crippen LogP contribution is -2.56. The van der Waals surface area contributed by atoms with Gasteiger partial charge in [-0.25, -0.2) is 8.42 Å². The molecule has 0 bridgehead atoms. The van der Waals surface area contributed by atoms with E-state index in [4.69, 9.17) is 11.6 Å². The molecule has 242 valence electrons. The summed E-state index contributed by atoms with van der Waals surface area (Å²) in [6, 6.07) is 27.7. The van der Waals surface area contributed by atoms with Crippen molar-refractivity contribution in [1.29, 1.82) is 0 Å². The number of hydrogen-bond donors (Lipinski definition) is 1. The Morgan fingerprint density at radius 2 is 1.39 bits per heavy atom. The summed E-state index contributed by atoms with van der Waals surface area (Å²) >= 11 is 6.25. The first kappa shape index (κ1) is 34.7. The summed E-state index contributed by atoms with van der Waals surface area (Å²) in [5.74, 6) is -0.844. The molecule has 0 saturated carbocycles. The normalized spacial score (nSPS) is 12.3. The molecule has 2 amide bonds. The van der Waals surface area contributed by atoms with E-state index in [1.165, 1.54) is 17.0 Å². The van der Waals surface area contributed by atoms with Gasteiger partial charge in [0.1, 0.15) is 12.6 Å². The smallest absolute Gasteiger partial charge is 0.264 e. The summed E-state index contributed by atoms with van der Waals surface area (Å²) in [7, 11) is -4.20. The van der Waals surface area contributed by atoms with Gasteiger partial charge in [-0.05, 0) is 88.6 Å². The van der Waals surface area contributed by atoms with Crippen molar-refractivity contribution in [3.05, 3.63) is 130 Å². The molecule has 0 aliphatic heterocycles. The minimum Gasteiger partial charge on any atom is -0.350 e. The Bertz CT molecular complexity index is 1770. The zero-order valence-corrected chi connectivity index (χ0v) is 28.8. The predicted molar refractivity (Wildman–Crippen MR) is 185 cm³/mol. The SMILES string of the molecule is Cc1ccc(CN(C(=O)CN(c2ccc(Cl)cc2C)S(=O)(=O)c2ccc(C)cc2)[C@H](Cc2ccccc2)C(=O)NC(C)(C)C)cc1. The number of sulfonamides is 1. The van der Waals surface area contributed by atoms with Crippen molar-refractivity contribution in [3.8, 4) is 0 Å². The van der Waals surface area contributed by atoms with Gasteiger partial charge in [-0.1, -0.05) is 89.5 Å². The van der Waals surface area contributed by atoms with E-state index in [0.29, 0.717) is 16.3 Å². The van der Waals surface area contributed by atoms with E-state index in [2.05, 4.69) is 5.32 Å². The van der Waals surface area contributed by atoms with Gasteiger partial charge in [0.2, 0.25) is 11.8 Å². The maximum Gasteiger partial charge on any atom is 0.264 e. The van der Waals surface area contributed by atoms with E-state index in [1.54, 1.807) is 37.3 Å². The van der Waals surface area contributed by atoms with E-state index in [-0.39, 0.29) is 23.8 Å². The van der Waals surface area contributed by atoms with Crippen LogP contribution in [0.2, 0.25) is 5.02 Å². The molecule has 9 heteroatoms. The maximum absolute atomic E-state index is 14.6. The highest BCUT2D eigenvalue weighted by Crippen LogP contribution is 2.30. The first-order valence-corrected chi connectivity index (χ1v) is 17.0. The van der Waals surface area contributed by atoms with Crippen LogP contribution < -0.4 is 9.62 Å². The lowest BCUT2D eigenvalue weighted by atomic mass is 10.0. The summed E-state index contributed by atoms with van der Waals surface area (Å²) in [5, 5.41) is 3.50. The number of rotatable bonds is 11. The quantitative estimate of drug-likeness (QED) is 0.188. The fraction of sp³-hybridized carbons (Fsp3) is 0.297. The Balaban J connectivity index is 1.84. The highest BCUT2D eigenvalue weighted by atomic mass is 35.5. The molecule has 0 aliphatic carbocycles. The number of amides is 2. The standard InChI is InChI=1S/C37H42ClN3O4S/c1-26-12-16-30(17-13-26)24-40(34(36(43)39-37(4,5)6)23-29-10-8-7-9-11-29)35(42)25-41(33-21-18-31(38)22-28(33)3)46(44,45)32-19-14-27(2)15-20-32/h7-22,34H,23-25H2,1-6H3,(H,39,43)/t34-/m1/s1. The number of anilines is 1. The van der Waals surface area contributed by atoms with Crippen LogP contribution in [0.1, 0.15) is 48.6 Å². The van der Waals surface area contributed by atoms with Crippen LogP contribution in [0.4, 0.5) is 5.69 Å². The lowest BCUT2D eigenvalue weighted by molar-refractivity contribution is -0.140. The van der Waals surface area contributed by atoms with Gasteiger partial charge < -0.3 is 10.2 Å². The van der Waals surface area contributed by atoms with Crippen LogP contribution in [0.15, 0.2) is 102 Å². The number of carbonyl (C=O) groups is 2. The van der Waals surface area contributed by atoms with Crippen LogP contribution in [-0.2, 0) is 32.6 Å². The van der Waals surface area contributed by atoms with Crippen molar-refractivity contribution in [2.24, 2.45) is 0 Å². The number of carbonyl (C=O) groups excluding carboxylic acids is 2. The van der Waals surface area contributed by atoms with Gasteiger partial charge in [0.25, 0.3) is 10.0 Å². The van der Waals surface area contributed by atoms with Crippen molar-refractivity contribution in [1.82, 2.24) is 10.2 Å². The van der Waals surface area contributed by atoms with Crippen LogP contribution in [0, 0.1) is 20.8 Å². The number of nitrogens with one attached hydrogen (secondary N) is 1. The van der Waals surface area contributed by atoms with Gasteiger partial charge in [0.15, 0.2) is 0 Å². The van der Waals surface area contributed by atoms with E-state index in [1.807, 2.05) is 89.2 Å². The fourth-order valence-corrected chi connectivity index (χ4v) is 6.85. The molecule has 4 aromatic rings. The molecule has 0 heterocycles. The molecule has 0 fully saturated rings. The Hall–Kier alpha value is -4.14. The fourth-order valence-electron chi connectivity index (χ4n) is 5.15. The van der Waals surface area contributed by atoms with Gasteiger partial charge in [-0.3, -0.25) is 13.9 Å². The van der Waals surface area contributed by atoms with Crippen molar-refractivity contribution >= 4 is 39.1 Å². The average molecular weight is 660 g/mol. The monoisotopic (exact) mass is 659 g/mol. The minimum absolute atomic E-state index is 0.0524. The number of nitrogens with zero attached hydrogens (tertiary/aromatic N) is 2. The highest BCUT2D eigenvalue weighted by molar-refractivity contribution is 7.92. The highest BCUT2D eigenvalue weighted by Gasteiger charge is 2.36. The van der Waals surface area contributed by atoms with Crippen LogP contribution >= 0.6 is 11.6 Å². The molecule has 0 spiro atoms. The average Bonchev–Trinajstić information content (AvgIpc) is 2.98. The molecule has 0 radical (unpaired) electrons. The largest absolute Gasteiger partial charge is 0.350 e. The Morgan fingerprint density at radius 3 is 1.96 bits per heavy atom. The van der Waals surface area contributed by atoms with Crippen molar-refractivity contribution in [3.63, 3.8) is 0 Å². The van der Waals surface area contributed by atoms with Gasteiger partial charge in [-0.2, -0.15) is 0 Å². The molecular weight excluding hydrogens is 618 g/mol. The molecule has 0 aromatic heterocycles. The summed E-state index contributed by atoms with van der Waals surface area (Å²) in [4.78, 5) is 30.2. The predicted octanol–water partition coefficient (Wildman–Crippen LogP) is 7.02. The Labute approximate surface area is 278 Å². The van der Waals surface area contributed by atoms with E-state index in [9.17, 15) is 18.0 Å². The third-order valence-corrected chi connectivity index (χ3v) is 9.57.